The van der Waals surface area contributed by atoms with Crippen LogP contribution in [0.15, 0.2) is 30.3 Å². The van der Waals surface area contributed by atoms with Crippen molar-refractivity contribution in [2.24, 2.45) is 5.92 Å². The van der Waals surface area contributed by atoms with Gasteiger partial charge in [-0.1, -0.05) is 37.6 Å². The van der Waals surface area contributed by atoms with Crippen molar-refractivity contribution < 1.29 is 0 Å². The highest BCUT2D eigenvalue weighted by atomic mass is 35.5. The van der Waals surface area contributed by atoms with E-state index in [4.69, 9.17) is 11.6 Å². The topological polar surface area (TPSA) is 49.8 Å². The van der Waals surface area contributed by atoms with Crippen molar-refractivity contribution in [3.8, 4) is 0 Å². The van der Waals surface area contributed by atoms with Gasteiger partial charge in [0.05, 0.1) is 0 Å². The minimum atomic E-state index is 0.679. The quantitative estimate of drug-likeness (QED) is 0.788. The molecule has 4 nitrogen and oxygen atoms in total. The average Bonchev–Trinajstić information content (AvgIpc) is 2.46. The van der Waals surface area contributed by atoms with E-state index in [1.807, 2.05) is 37.3 Å². The van der Waals surface area contributed by atoms with E-state index < -0.39 is 0 Å². The first-order chi connectivity index (χ1) is 10.5. The third-order valence-corrected chi connectivity index (χ3v) is 3.50. The fourth-order valence-corrected chi connectivity index (χ4v) is 2.16. The van der Waals surface area contributed by atoms with E-state index in [1.54, 1.807) is 0 Å². The summed E-state index contributed by atoms with van der Waals surface area (Å²) < 4.78 is 0. The SMILES string of the molecule is Cc1nc(NCCC(C)C)cc(NCc2ccc(Cl)cc2)n1. The summed E-state index contributed by atoms with van der Waals surface area (Å²) in [6.45, 7) is 7.96. The number of benzene rings is 1. The fraction of sp³-hybridized carbons (Fsp3) is 0.412. The Hall–Kier alpha value is -1.81. The fourth-order valence-electron chi connectivity index (χ4n) is 2.03. The minimum absolute atomic E-state index is 0.679. The molecule has 1 aromatic heterocycles. The summed E-state index contributed by atoms with van der Waals surface area (Å²) in [6, 6.07) is 9.74. The Bertz CT molecular complexity index is 596. The van der Waals surface area contributed by atoms with Crippen LogP contribution in [-0.2, 0) is 6.54 Å². The number of aromatic nitrogens is 2. The van der Waals surface area contributed by atoms with Gasteiger partial charge >= 0.3 is 0 Å². The Morgan fingerprint density at radius 2 is 1.68 bits per heavy atom. The van der Waals surface area contributed by atoms with Gasteiger partial charge in [0.1, 0.15) is 17.5 Å². The van der Waals surface area contributed by atoms with Gasteiger partial charge in [0, 0.05) is 24.2 Å². The summed E-state index contributed by atoms with van der Waals surface area (Å²) >= 11 is 5.89. The van der Waals surface area contributed by atoms with Crippen LogP contribution in [-0.4, -0.2) is 16.5 Å². The summed E-state index contributed by atoms with van der Waals surface area (Å²) in [4.78, 5) is 8.84. The molecule has 2 N–H and O–H groups in total. The van der Waals surface area contributed by atoms with Crippen molar-refractivity contribution in [3.05, 3.63) is 46.7 Å². The maximum absolute atomic E-state index is 5.89. The van der Waals surface area contributed by atoms with Gasteiger partial charge in [0.2, 0.25) is 0 Å². The van der Waals surface area contributed by atoms with Gasteiger partial charge in [0.25, 0.3) is 0 Å². The van der Waals surface area contributed by atoms with Gasteiger partial charge in [-0.15, -0.1) is 0 Å². The molecule has 0 radical (unpaired) electrons. The molecule has 118 valence electrons. The van der Waals surface area contributed by atoms with Gasteiger partial charge in [0.15, 0.2) is 0 Å². The number of aryl methyl sites for hydroxylation is 1. The summed E-state index contributed by atoms with van der Waals surface area (Å²) in [7, 11) is 0. The van der Waals surface area contributed by atoms with Crippen LogP contribution >= 0.6 is 11.6 Å². The lowest BCUT2D eigenvalue weighted by Gasteiger charge is -2.11. The minimum Gasteiger partial charge on any atom is -0.370 e. The Morgan fingerprint density at radius 3 is 2.32 bits per heavy atom. The molecular weight excluding hydrogens is 296 g/mol. The zero-order chi connectivity index (χ0) is 15.9. The largest absolute Gasteiger partial charge is 0.370 e. The van der Waals surface area contributed by atoms with Gasteiger partial charge in [-0.2, -0.15) is 0 Å². The average molecular weight is 319 g/mol. The highest BCUT2D eigenvalue weighted by molar-refractivity contribution is 6.30. The van der Waals surface area contributed by atoms with Gasteiger partial charge in [-0.25, -0.2) is 9.97 Å². The maximum Gasteiger partial charge on any atom is 0.132 e. The zero-order valence-corrected chi connectivity index (χ0v) is 14.1. The third-order valence-electron chi connectivity index (χ3n) is 3.25. The smallest absolute Gasteiger partial charge is 0.132 e. The van der Waals surface area contributed by atoms with E-state index in [2.05, 4.69) is 34.4 Å². The van der Waals surface area contributed by atoms with E-state index in [9.17, 15) is 0 Å². The number of hydrogen-bond donors (Lipinski definition) is 2. The summed E-state index contributed by atoms with van der Waals surface area (Å²) in [5.74, 6) is 3.13. The van der Waals surface area contributed by atoms with Crippen LogP contribution in [0.3, 0.4) is 0 Å². The number of hydrogen-bond acceptors (Lipinski definition) is 4. The molecule has 22 heavy (non-hydrogen) atoms. The number of rotatable bonds is 7. The van der Waals surface area contributed by atoms with Crippen LogP contribution in [0.5, 0.6) is 0 Å². The zero-order valence-electron chi connectivity index (χ0n) is 13.4. The first kappa shape index (κ1) is 16.6. The van der Waals surface area contributed by atoms with Crippen molar-refractivity contribution in [2.75, 3.05) is 17.2 Å². The van der Waals surface area contributed by atoms with Gasteiger partial charge in [-0.05, 0) is 37.0 Å². The van der Waals surface area contributed by atoms with Gasteiger partial charge < -0.3 is 10.6 Å². The van der Waals surface area contributed by atoms with Crippen molar-refractivity contribution >= 4 is 23.2 Å². The molecule has 0 bridgehead atoms. The van der Waals surface area contributed by atoms with Crippen molar-refractivity contribution in [3.63, 3.8) is 0 Å². The molecule has 0 aliphatic rings. The molecule has 0 amide bonds. The third kappa shape index (κ3) is 5.53. The number of anilines is 2. The molecule has 0 aliphatic heterocycles. The van der Waals surface area contributed by atoms with Crippen LogP contribution < -0.4 is 10.6 Å². The highest BCUT2D eigenvalue weighted by Gasteiger charge is 2.02. The Morgan fingerprint density at radius 1 is 1.05 bits per heavy atom. The van der Waals surface area contributed by atoms with E-state index >= 15 is 0 Å². The van der Waals surface area contributed by atoms with Crippen molar-refractivity contribution in [1.29, 1.82) is 0 Å². The standard InChI is InChI=1S/C17H23ClN4/c1-12(2)8-9-19-16-10-17(22-13(3)21-16)20-11-14-4-6-15(18)7-5-14/h4-7,10,12H,8-9,11H2,1-3H3,(H2,19,20,21,22). The summed E-state index contributed by atoms with van der Waals surface area (Å²) in [5, 5.41) is 7.43. The molecule has 0 aliphatic carbocycles. The predicted molar refractivity (Wildman–Crippen MR) is 93.5 cm³/mol. The molecular formula is C17H23ClN4. The van der Waals surface area contributed by atoms with Crippen LogP contribution in [0.1, 0.15) is 31.7 Å². The normalized spacial score (nSPS) is 10.8. The molecule has 0 saturated carbocycles. The molecule has 2 rings (SSSR count). The summed E-state index contributed by atoms with van der Waals surface area (Å²) in [6.07, 6.45) is 1.12. The molecule has 0 spiro atoms. The first-order valence-corrected chi connectivity index (χ1v) is 7.98. The Kier molecular flexibility index (Phi) is 6.01. The lowest BCUT2D eigenvalue weighted by Crippen LogP contribution is -2.09. The number of nitrogens with one attached hydrogen (secondary N) is 2. The van der Waals surface area contributed by atoms with Crippen molar-refractivity contribution in [1.82, 2.24) is 9.97 Å². The predicted octanol–water partition coefficient (Wildman–Crippen LogP) is 4.51. The lowest BCUT2D eigenvalue weighted by atomic mass is 10.1. The van der Waals surface area contributed by atoms with E-state index in [-0.39, 0.29) is 0 Å². The molecule has 0 saturated heterocycles. The molecule has 0 atom stereocenters. The van der Waals surface area contributed by atoms with Crippen LogP contribution in [0.4, 0.5) is 11.6 Å². The second-order valence-corrected chi connectivity index (χ2v) is 6.21. The molecule has 5 heteroatoms. The number of halogens is 1. The van der Waals surface area contributed by atoms with E-state index in [0.29, 0.717) is 12.5 Å². The van der Waals surface area contributed by atoms with E-state index in [0.717, 1.165) is 41.0 Å². The van der Waals surface area contributed by atoms with Gasteiger partial charge in [-0.3, -0.25) is 0 Å². The maximum atomic E-state index is 5.89. The highest BCUT2D eigenvalue weighted by Crippen LogP contribution is 2.14. The van der Waals surface area contributed by atoms with Crippen LogP contribution in [0.25, 0.3) is 0 Å². The molecule has 1 aromatic carbocycles. The monoisotopic (exact) mass is 318 g/mol. The van der Waals surface area contributed by atoms with Crippen LogP contribution in [0.2, 0.25) is 5.02 Å². The first-order valence-electron chi connectivity index (χ1n) is 7.61. The molecule has 2 aromatic rings. The van der Waals surface area contributed by atoms with E-state index in [1.165, 1.54) is 0 Å². The molecule has 0 fully saturated rings. The van der Waals surface area contributed by atoms with Crippen LogP contribution in [0, 0.1) is 12.8 Å². The van der Waals surface area contributed by atoms with Crippen molar-refractivity contribution in [2.45, 2.75) is 33.7 Å². The lowest BCUT2D eigenvalue weighted by molar-refractivity contribution is 0.606. The molecule has 0 unspecified atom stereocenters. The summed E-state index contributed by atoms with van der Waals surface area (Å²) in [5.41, 5.74) is 1.16. The number of nitrogens with zero attached hydrogens (tertiary/aromatic N) is 2. The Balaban J connectivity index is 1.95. The second kappa shape index (κ2) is 7.99. The molecule has 1 heterocycles. The Labute approximate surface area is 137 Å². The second-order valence-electron chi connectivity index (χ2n) is 5.77.